The lowest BCUT2D eigenvalue weighted by atomic mass is 10.0. The Bertz CT molecular complexity index is 507. The summed E-state index contributed by atoms with van der Waals surface area (Å²) < 4.78 is 1.15. The molecule has 1 atom stereocenters. The van der Waals surface area contributed by atoms with Gasteiger partial charge in [-0.25, -0.2) is 0 Å². The topological polar surface area (TPSA) is 12.0 Å². The summed E-state index contributed by atoms with van der Waals surface area (Å²) in [7, 11) is 0. The van der Waals surface area contributed by atoms with E-state index in [0.717, 1.165) is 17.4 Å². The Morgan fingerprint density at radius 1 is 1.33 bits per heavy atom. The second-order valence-electron chi connectivity index (χ2n) is 4.41. The van der Waals surface area contributed by atoms with Crippen molar-refractivity contribution in [2.75, 3.05) is 6.54 Å². The molecule has 0 bridgehead atoms. The summed E-state index contributed by atoms with van der Waals surface area (Å²) in [4.78, 5) is 1.46. The molecule has 96 valence electrons. The molecule has 0 saturated carbocycles. The molecule has 18 heavy (non-hydrogen) atoms. The molecule has 0 spiro atoms. The number of hydrogen-bond donors (Lipinski definition) is 1. The standard InChI is InChI=1S/C15H18BrNS/c1-3-17-14(15-11(2)7-8-18-15)10-12-5-4-6-13(16)9-12/h4-9,14,17H,3,10H2,1-2H3. The van der Waals surface area contributed by atoms with Crippen LogP contribution in [0.2, 0.25) is 0 Å². The first-order valence-corrected chi connectivity index (χ1v) is 7.89. The van der Waals surface area contributed by atoms with Gasteiger partial charge in [0.2, 0.25) is 0 Å². The SMILES string of the molecule is CCNC(Cc1cccc(Br)c1)c1sccc1C. The number of halogens is 1. The van der Waals surface area contributed by atoms with Gasteiger partial charge in [-0.05, 0) is 54.6 Å². The van der Waals surface area contributed by atoms with E-state index in [4.69, 9.17) is 0 Å². The van der Waals surface area contributed by atoms with Crippen molar-refractivity contribution in [3.05, 3.63) is 56.2 Å². The normalized spacial score (nSPS) is 12.6. The quantitative estimate of drug-likeness (QED) is 0.840. The van der Waals surface area contributed by atoms with Gasteiger partial charge in [0.05, 0.1) is 0 Å². The summed E-state index contributed by atoms with van der Waals surface area (Å²) >= 11 is 5.38. The minimum absolute atomic E-state index is 0.421. The van der Waals surface area contributed by atoms with E-state index in [2.05, 4.69) is 70.8 Å². The molecule has 2 rings (SSSR count). The van der Waals surface area contributed by atoms with E-state index >= 15 is 0 Å². The van der Waals surface area contributed by atoms with Crippen molar-refractivity contribution in [1.29, 1.82) is 0 Å². The Hall–Kier alpha value is -0.640. The summed E-state index contributed by atoms with van der Waals surface area (Å²) in [5.41, 5.74) is 2.75. The summed E-state index contributed by atoms with van der Waals surface area (Å²) in [5.74, 6) is 0. The lowest BCUT2D eigenvalue weighted by Gasteiger charge is -2.18. The van der Waals surface area contributed by atoms with E-state index in [9.17, 15) is 0 Å². The van der Waals surface area contributed by atoms with Crippen molar-refractivity contribution in [3.63, 3.8) is 0 Å². The summed E-state index contributed by atoms with van der Waals surface area (Å²) in [6.45, 7) is 5.35. The molecular weight excluding hydrogens is 306 g/mol. The third-order valence-electron chi connectivity index (χ3n) is 3.00. The zero-order valence-electron chi connectivity index (χ0n) is 10.7. The predicted molar refractivity (Wildman–Crippen MR) is 83.3 cm³/mol. The maximum absolute atomic E-state index is 3.59. The second-order valence-corrected chi connectivity index (χ2v) is 6.28. The lowest BCUT2D eigenvalue weighted by Crippen LogP contribution is -2.22. The molecule has 0 aliphatic rings. The Balaban J connectivity index is 2.19. The Morgan fingerprint density at radius 2 is 2.17 bits per heavy atom. The van der Waals surface area contributed by atoms with Gasteiger partial charge in [-0.15, -0.1) is 11.3 Å². The summed E-state index contributed by atoms with van der Waals surface area (Å²) in [5, 5.41) is 5.77. The molecule has 0 saturated heterocycles. The Labute approximate surface area is 121 Å². The van der Waals surface area contributed by atoms with Crippen LogP contribution in [0.5, 0.6) is 0 Å². The zero-order valence-corrected chi connectivity index (χ0v) is 13.1. The molecule has 2 aromatic rings. The molecule has 0 radical (unpaired) electrons. The van der Waals surface area contributed by atoms with E-state index in [1.54, 1.807) is 0 Å². The van der Waals surface area contributed by atoms with Crippen molar-refractivity contribution < 1.29 is 0 Å². The zero-order chi connectivity index (χ0) is 13.0. The molecule has 1 heterocycles. The molecule has 3 heteroatoms. The average Bonchev–Trinajstić information content (AvgIpc) is 2.75. The van der Waals surface area contributed by atoms with Gasteiger partial charge in [-0.2, -0.15) is 0 Å². The van der Waals surface area contributed by atoms with E-state index in [0.29, 0.717) is 6.04 Å². The monoisotopic (exact) mass is 323 g/mol. The van der Waals surface area contributed by atoms with E-state index < -0.39 is 0 Å². The van der Waals surface area contributed by atoms with Crippen molar-refractivity contribution in [2.45, 2.75) is 26.3 Å². The number of benzene rings is 1. The number of nitrogens with one attached hydrogen (secondary N) is 1. The van der Waals surface area contributed by atoms with Crippen LogP contribution in [-0.4, -0.2) is 6.54 Å². The number of aryl methyl sites for hydroxylation is 1. The van der Waals surface area contributed by atoms with Crippen molar-refractivity contribution in [3.8, 4) is 0 Å². The highest BCUT2D eigenvalue weighted by molar-refractivity contribution is 9.10. The van der Waals surface area contributed by atoms with Crippen LogP contribution in [0.3, 0.4) is 0 Å². The fourth-order valence-corrected chi connectivity index (χ4v) is 3.60. The van der Waals surface area contributed by atoms with Crippen LogP contribution in [-0.2, 0) is 6.42 Å². The minimum atomic E-state index is 0.421. The highest BCUT2D eigenvalue weighted by Gasteiger charge is 2.14. The smallest absolute Gasteiger partial charge is 0.0458 e. The van der Waals surface area contributed by atoms with E-state index in [-0.39, 0.29) is 0 Å². The van der Waals surface area contributed by atoms with Crippen LogP contribution in [0, 0.1) is 6.92 Å². The van der Waals surface area contributed by atoms with Gasteiger partial charge in [0.15, 0.2) is 0 Å². The molecule has 0 amide bonds. The van der Waals surface area contributed by atoms with Crippen molar-refractivity contribution in [2.24, 2.45) is 0 Å². The number of hydrogen-bond acceptors (Lipinski definition) is 2. The van der Waals surface area contributed by atoms with E-state index in [1.165, 1.54) is 16.0 Å². The van der Waals surface area contributed by atoms with Gasteiger partial charge >= 0.3 is 0 Å². The molecule has 1 aromatic heterocycles. The lowest BCUT2D eigenvalue weighted by molar-refractivity contribution is 0.556. The largest absolute Gasteiger partial charge is 0.309 e. The highest BCUT2D eigenvalue weighted by atomic mass is 79.9. The molecule has 0 aliphatic carbocycles. The van der Waals surface area contributed by atoms with E-state index in [1.807, 2.05) is 11.3 Å². The van der Waals surface area contributed by atoms with Gasteiger partial charge in [-0.3, -0.25) is 0 Å². The third kappa shape index (κ3) is 3.44. The summed E-state index contributed by atoms with van der Waals surface area (Å²) in [6, 6.07) is 11.2. The van der Waals surface area contributed by atoms with Crippen molar-refractivity contribution >= 4 is 27.3 Å². The molecule has 1 N–H and O–H groups in total. The number of thiophene rings is 1. The van der Waals surface area contributed by atoms with Gasteiger partial charge in [-0.1, -0.05) is 35.0 Å². The fraction of sp³-hybridized carbons (Fsp3) is 0.333. The molecular formula is C15H18BrNS. The van der Waals surface area contributed by atoms with Crippen LogP contribution in [0.1, 0.15) is 29.0 Å². The predicted octanol–water partition coefficient (Wildman–Crippen LogP) is 4.71. The van der Waals surface area contributed by atoms with Crippen LogP contribution in [0.25, 0.3) is 0 Å². The molecule has 0 aliphatic heterocycles. The van der Waals surface area contributed by atoms with Crippen LogP contribution >= 0.6 is 27.3 Å². The maximum atomic E-state index is 3.59. The number of rotatable bonds is 5. The maximum Gasteiger partial charge on any atom is 0.0458 e. The Kier molecular flexibility index (Phi) is 4.98. The highest BCUT2D eigenvalue weighted by Crippen LogP contribution is 2.27. The van der Waals surface area contributed by atoms with Gasteiger partial charge < -0.3 is 5.32 Å². The molecule has 1 nitrogen and oxygen atoms in total. The first kappa shape index (κ1) is 13.8. The van der Waals surface area contributed by atoms with Crippen LogP contribution < -0.4 is 5.32 Å². The summed E-state index contributed by atoms with van der Waals surface area (Å²) in [6.07, 6.45) is 1.04. The third-order valence-corrected chi connectivity index (χ3v) is 4.62. The van der Waals surface area contributed by atoms with Crippen molar-refractivity contribution in [1.82, 2.24) is 5.32 Å². The molecule has 1 aromatic carbocycles. The first-order chi connectivity index (χ1) is 8.70. The second kappa shape index (κ2) is 6.50. The van der Waals surface area contributed by atoms with Gasteiger partial charge in [0.1, 0.15) is 0 Å². The molecule has 0 fully saturated rings. The van der Waals surface area contributed by atoms with Crippen LogP contribution in [0.15, 0.2) is 40.2 Å². The molecule has 1 unspecified atom stereocenters. The minimum Gasteiger partial charge on any atom is -0.309 e. The number of likely N-dealkylation sites (N-methyl/N-ethyl adjacent to an activating group) is 1. The average molecular weight is 324 g/mol. The fourth-order valence-electron chi connectivity index (χ4n) is 2.15. The Morgan fingerprint density at radius 3 is 2.78 bits per heavy atom. The van der Waals surface area contributed by atoms with Gasteiger partial charge in [0.25, 0.3) is 0 Å². The first-order valence-electron chi connectivity index (χ1n) is 6.22. The van der Waals surface area contributed by atoms with Crippen LogP contribution in [0.4, 0.5) is 0 Å². The van der Waals surface area contributed by atoms with Gasteiger partial charge in [0, 0.05) is 15.4 Å².